The highest BCUT2D eigenvalue weighted by Gasteiger charge is 2.09. The molecule has 3 rings (SSSR count). The number of hydrogen-bond acceptors (Lipinski definition) is 5. The predicted molar refractivity (Wildman–Crippen MR) is 108 cm³/mol. The molecule has 1 amide bonds. The van der Waals surface area contributed by atoms with E-state index in [0.717, 1.165) is 24.4 Å². The summed E-state index contributed by atoms with van der Waals surface area (Å²) in [7, 11) is 0. The Balaban J connectivity index is 1.47. The third-order valence-electron chi connectivity index (χ3n) is 4.14. The highest BCUT2D eigenvalue weighted by molar-refractivity contribution is 7.99. The van der Waals surface area contributed by atoms with E-state index in [4.69, 9.17) is 0 Å². The molecule has 0 bridgehead atoms. The van der Waals surface area contributed by atoms with Gasteiger partial charge in [0.25, 0.3) is 0 Å². The van der Waals surface area contributed by atoms with Crippen LogP contribution in [0.2, 0.25) is 0 Å². The summed E-state index contributed by atoms with van der Waals surface area (Å²) in [6.45, 7) is 4.38. The molecule has 0 radical (unpaired) electrons. The van der Waals surface area contributed by atoms with E-state index in [-0.39, 0.29) is 11.7 Å². The van der Waals surface area contributed by atoms with Gasteiger partial charge in [0.2, 0.25) is 11.1 Å². The van der Waals surface area contributed by atoms with Gasteiger partial charge in [0.1, 0.15) is 5.82 Å². The normalized spacial score (nSPS) is 12.1. The molecule has 0 fully saturated rings. The van der Waals surface area contributed by atoms with Crippen LogP contribution in [0.15, 0.2) is 46.9 Å². The van der Waals surface area contributed by atoms with E-state index < -0.39 is 0 Å². The van der Waals surface area contributed by atoms with Gasteiger partial charge in [-0.25, -0.2) is 4.98 Å². The third-order valence-corrected chi connectivity index (χ3v) is 5.86. The van der Waals surface area contributed by atoms with Crippen LogP contribution in [0.5, 0.6) is 0 Å². The van der Waals surface area contributed by atoms with Gasteiger partial charge in [-0.3, -0.25) is 9.89 Å². The Morgan fingerprint density at radius 3 is 2.81 bits per heavy atom. The van der Waals surface area contributed by atoms with Crippen LogP contribution in [0.25, 0.3) is 0 Å². The molecule has 2 heterocycles. The van der Waals surface area contributed by atoms with E-state index in [9.17, 15) is 4.79 Å². The summed E-state index contributed by atoms with van der Waals surface area (Å²) in [6, 6.07) is 12.1. The second kappa shape index (κ2) is 9.00. The topological polar surface area (TPSA) is 70.7 Å². The lowest BCUT2D eigenvalue weighted by Gasteiger charge is -2.10. The van der Waals surface area contributed by atoms with Crippen LogP contribution in [0.3, 0.4) is 0 Å². The maximum atomic E-state index is 12.1. The molecule has 0 saturated heterocycles. The smallest absolute Gasteiger partial charge is 0.234 e. The minimum atomic E-state index is -0.0594. The van der Waals surface area contributed by atoms with Gasteiger partial charge in [0.05, 0.1) is 5.75 Å². The van der Waals surface area contributed by atoms with Gasteiger partial charge in [-0.05, 0) is 41.5 Å². The third kappa shape index (κ3) is 5.19. The predicted octanol–water partition coefficient (Wildman–Crippen LogP) is 4.70. The Kier molecular flexibility index (Phi) is 6.46. The number of hydrogen-bond donors (Lipinski definition) is 2. The maximum absolute atomic E-state index is 12.1. The van der Waals surface area contributed by atoms with Crippen molar-refractivity contribution in [2.75, 3.05) is 11.1 Å². The number of benzene rings is 1. The Morgan fingerprint density at radius 1 is 1.31 bits per heavy atom. The van der Waals surface area contributed by atoms with Crippen molar-refractivity contribution in [3.63, 3.8) is 0 Å². The fourth-order valence-electron chi connectivity index (χ4n) is 2.46. The molecule has 0 spiro atoms. The van der Waals surface area contributed by atoms with E-state index in [1.165, 1.54) is 22.2 Å². The maximum Gasteiger partial charge on any atom is 0.234 e. The first kappa shape index (κ1) is 18.7. The fourth-order valence-corrected chi connectivity index (χ4v) is 3.78. The molecular formula is C19H22N4OS2. The first-order valence-electron chi connectivity index (χ1n) is 8.60. The minimum Gasteiger partial charge on any atom is -0.325 e. The summed E-state index contributed by atoms with van der Waals surface area (Å²) in [4.78, 5) is 17.8. The van der Waals surface area contributed by atoms with Gasteiger partial charge < -0.3 is 5.32 Å². The van der Waals surface area contributed by atoms with Crippen molar-refractivity contribution in [1.29, 1.82) is 0 Å². The molecule has 26 heavy (non-hydrogen) atoms. The van der Waals surface area contributed by atoms with E-state index in [0.29, 0.717) is 11.1 Å². The lowest BCUT2D eigenvalue weighted by atomic mass is 9.99. The van der Waals surface area contributed by atoms with Crippen molar-refractivity contribution in [1.82, 2.24) is 15.2 Å². The molecule has 0 aliphatic heterocycles. The van der Waals surface area contributed by atoms with Crippen LogP contribution in [-0.2, 0) is 11.2 Å². The number of nitrogens with one attached hydrogen (secondary N) is 2. The summed E-state index contributed by atoms with van der Waals surface area (Å²) in [6.07, 6.45) is 1.84. The first-order chi connectivity index (χ1) is 12.6. The van der Waals surface area contributed by atoms with Crippen LogP contribution >= 0.6 is 23.1 Å². The summed E-state index contributed by atoms with van der Waals surface area (Å²) >= 11 is 3.02. The summed E-state index contributed by atoms with van der Waals surface area (Å²) in [5.41, 5.74) is 2.11. The Labute approximate surface area is 161 Å². The lowest BCUT2D eigenvalue weighted by molar-refractivity contribution is -0.113. The van der Waals surface area contributed by atoms with E-state index >= 15 is 0 Å². The summed E-state index contributed by atoms with van der Waals surface area (Å²) < 4.78 is 0. The van der Waals surface area contributed by atoms with Gasteiger partial charge >= 0.3 is 0 Å². The van der Waals surface area contributed by atoms with Crippen LogP contribution < -0.4 is 5.32 Å². The number of thiophene rings is 1. The molecule has 0 aliphatic rings. The highest BCUT2D eigenvalue weighted by Crippen LogP contribution is 2.21. The Hall–Kier alpha value is -2.12. The van der Waals surface area contributed by atoms with Crippen molar-refractivity contribution in [3.8, 4) is 0 Å². The van der Waals surface area contributed by atoms with E-state index in [2.05, 4.69) is 52.5 Å². The highest BCUT2D eigenvalue weighted by atomic mass is 32.2. The molecule has 0 aliphatic carbocycles. The zero-order valence-corrected chi connectivity index (χ0v) is 16.5. The molecular weight excluding hydrogens is 364 g/mol. The zero-order valence-electron chi connectivity index (χ0n) is 14.9. The molecule has 1 atom stereocenters. The second-order valence-corrected chi connectivity index (χ2v) is 8.06. The Bertz CT molecular complexity index is 828. The zero-order chi connectivity index (χ0) is 18.4. The molecule has 1 unspecified atom stereocenters. The number of carbonyl (C=O) groups is 1. The van der Waals surface area contributed by atoms with Crippen molar-refractivity contribution in [2.24, 2.45) is 0 Å². The first-order valence-corrected chi connectivity index (χ1v) is 10.5. The number of aromatic amines is 1. The molecule has 2 aromatic heterocycles. The number of thioether (sulfide) groups is 1. The molecule has 136 valence electrons. The van der Waals surface area contributed by atoms with Crippen LogP contribution in [0.1, 0.15) is 42.5 Å². The SMILES string of the molecule is CCC(C)c1ccc(NC(=O)CSc2n[nH]c(Cc3cccs3)n2)cc1. The summed E-state index contributed by atoms with van der Waals surface area (Å²) in [5, 5.41) is 12.7. The number of amides is 1. The van der Waals surface area contributed by atoms with Gasteiger partial charge in [0.15, 0.2) is 0 Å². The van der Waals surface area contributed by atoms with Crippen molar-refractivity contribution in [3.05, 3.63) is 58.0 Å². The molecule has 1 aromatic carbocycles. The van der Waals surface area contributed by atoms with E-state index in [1.54, 1.807) is 11.3 Å². The van der Waals surface area contributed by atoms with Gasteiger partial charge in [-0.2, -0.15) is 0 Å². The average molecular weight is 387 g/mol. The monoisotopic (exact) mass is 386 g/mol. The van der Waals surface area contributed by atoms with Crippen LogP contribution in [0.4, 0.5) is 5.69 Å². The van der Waals surface area contributed by atoms with Gasteiger partial charge in [-0.1, -0.05) is 43.8 Å². The number of nitrogens with zero attached hydrogens (tertiary/aromatic N) is 2. The van der Waals surface area contributed by atoms with Crippen molar-refractivity contribution >= 4 is 34.7 Å². The number of H-pyrrole nitrogens is 1. The minimum absolute atomic E-state index is 0.0594. The van der Waals surface area contributed by atoms with Crippen LogP contribution in [0, 0.1) is 0 Å². The van der Waals surface area contributed by atoms with Crippen LogP contribution in [-0.4, -0.2) is 26.8 Å². The standard InChI is InChI=1S/C19H22N4OS2/c1-3-13(2)14-6-8-15(9-7-14)20-18(24)12-26-19-21-17(22-23-19)11-16-5-4-10-25-16/h4-10,13H,3,11-12H2,1-2H3,(H,20,24)(H,21,22,23). The van der Waals surface area contributed by atoms with Crippen molar-refractivity contribution < 1.29 is 4.79 Å². The summed E-state index contributed by atoms with van der Waals surface area (Å²) in [5.74, 6) is 1.57. The largest absolute Gasteiger partial charge is 0.325 e. The fraction of sp³-hybridized carbons (Fsp3) is 0.316. The number of aromatic nitrogens is 3. The van der Waals surface area contributed by atoms with E-state index in [1.807, 2.05) is 23.6 Å². The van der Waals surface area contributed by atoms with Gasteiger partial charge in [0, 0.05) is 17.0 Å². The quantitative estimate of drug-likeness (QED) is 0.551. The van der Waals surface area contributed by atoms with Gasteiger partial charge in [-0.15, -0.1) is 16.4 Å². The molecule has 7 heteroatoms. The molecule has 0 saturated carbocycles. The van der Waals surface area contributed by atoms with Crippen molar-refractivity contribution in [2.45, 2.75) is 37.8 Å². The number of anilines is 1. The second-order valence-electron chi connectivity index (χ2n) is 6.09. The molecule has 3 aromatic rings. The number of carbonyl (C=O) groups excluding carboxylic acids is 1. The molecule has 2 N–H and O–H groups in total. The Morgan fingerprint density at radius 2 is 2.12 bits per heavy atom. The number of rotatable bonds is 8. The average Bonchev–Trinajstić information content (AvgIpc) is 3.32. The molecule has 5 nitrogen and oxygen atoms in total. The lowest BCUT2D eigenvalue weighted by Crippen LogP contribution is -2.14.